The Hall–Kier alpha value is -5.39. The van der Waals surface area contributed by atoms with Crippen molar-refractivity contribution >= 4 is 43.9 Å². The summed E-state index contributed by atoms with van der Waals surface area (Å²) in [6.07, 6.45) is 0. The van der Waals surface area contributed by atoms with Gasteiger partial charge in [-0.15, -0.1) is 0 Å². The Kier molecular flexibility index (Phi) is 4.21. The topological polar surface area (TPSA) is 86.8 Å². The fourth-order valence-corrected chi connectivity index (χ4v) is 5.06. The number of para-hydroxylation sites is 1. The first-order valence-corrected chi connectivity index (χ1v) is 11.4. The molecular formula is C31H15N3O2. The average molecular weight is 461 g/mol. The van der Waals surface area contributed by atoms with Crippen LogP contribution in [0.15, 0.2) is 99.8 Å². The predicted molar refractivity (Wildman–Crippen MR) is 139 cm³/mol. The van der Waals surface area contributed by atoms with Gasteiger partial charge in [-0.1, -0.05) is 66.7 Å². The van der Waals surface area contributed by atoms with Gasteiger partial charge >= 0.3 is 0 Å². The molecular weight excluding hydrogens is 446 g/mol. The molecule has 7 aromatic rings. The lowest BCUT2D eigenvalue weighted by atomic mass is 9.96. The molecule has 7 rings (SSSR count). The van der Waals surface area contributed by atoms with Crippen LogP contribution in [-0.4, -0.2) is 4.98 Å². The zero-order chi connectivity index (χ0) is 24.2. The van der Waals surface area contributed by atoms with E-state index in [1.165, 1.54) is 0 Å². The number of aromatic nitrogens is 1. The summed E-state index contributed by atoms with van der Waals surface area (Å²) in [6.45, 7) is 0. The van der Waals surface area contributed by atoms with Crippen LogP contribution >= 0.6 is 0 Å². The van der Waals surface area contributed by atoms with Crippen molar-refractivity contribution in [2.45, 2.75) is 0 Å². The third kappa shape index (κ3) is 2.78. The Morgan fingerprint density at radius 2 is 1.33 bits per heavy atom. The third-order valence-electron chi connectivity index (χ3n) is 6.60. The van der Waals surface area contributed by atoms with Crippen molar-refractivity contribution in [1.82, 2.24) is 4.98 Å². The first kappa shape index (κ1) is 20.0. The number of benzene rings is 4. The largest absolute Gasteiger partial charge is 0.456 e. The van der Waals surface area contributed by atoms with Gasteiger partial charge in [0.05, 0.1) is 10.9 Å². The van der Waals surface area contributed by atoms with Crippen molar-refractivity contribution < 1.29 is 8.83 Å². The van der Waals surface area contributed by atoms with Gasteiger partial charge < -0.3 is 8.83 Å². The van der Waals surface area contributed by atoms with Crippen molar-refractivity contribution in [2.24, 2.45) is 0 Å². The highest BCUT2D eigenvalue weighted by atomic mass is 16.3. The summed E-state index contributed by atoms with van der Waals surface area (Å²) in [5.41, 5.74) is 6.50. The average Bonchev–Trinajstić information content (AvgIpc) is 3.51. The van der Waals surface area contributed by atoms with Crippen LogP contribution in [0, 0.1) is 22.7 Å². The zero-order valence-corrected chi connectivity index (χ0v) is 18.8. The normalized spacial score (nSPS) is 11.3. The number of furan rings is 2. The molecule has 3 heterocycles. The Balaban J connectivity index is 1.57. The third-order valence-corrected chi connectivity index (χ3v) is 6.60. The minimum atomic E-state index is 0.166. The number of nitriles is 2. The highest BCUT2D eigenvalue weighted by Gasteiger charge is 2.22. The number of nitrogens with zero attached hydrogens (tertiary/aromatic N) is 3. The van der Waals surface area contributed by atoms with Crippen LogP contribution in [0.3, 0.4) is 0 Å². The van der Waals surface area contributed by atoms with E-state index in [4.69, 9.17) is 8.83 Å². The maximum absolute atomic E-state index is 9.94. The van der Waals surface area contributed by atoms with E-state index < -0.39 is 0 Å². The van der Waals surface area contributed by atoms with E-state index in [0.717, 1.165) is 44.0 Å². The molecule has 0 bridgehead atoms. The molecule has 0 aliphatic rings. The lowest BCUT2D eigenvalue weighted by molar-refractivity contribution is 0.669. The molecule has 0 aliphatic heterocycles. The van der Waals surface area contributed by atoms with Gasteiger partial charge in [0.1, 0.15) is 34.5 Å². The predicted octanol–water partition coefficient (Wildman–Crippen LogP) is 7.96. The molecule has 5 nitrogen and oxygen atoms in total. The smallest absolute Gasteiger partial charge is 0.153 e. The molecule has 0 aliphatic carbocycles. The SMILES string of the molecule is N#Cc1nc(C#N)c2c(oc3ccc(-c4cccc5oc6ccccc6c45)cc32)c1-c1ccccc1. The van der Waals surface area contributed by atoms with Crippen LogP contribution in [-0.2, 0) is 0 Å². The summed E-state index contributed by atoms with van der Waals surface area (Å²) in [5, 5.41) is 23.2. The van der Waals surface area contributed by atoms with Gasteiger partial charge in [0.15, 0.2) is 11.4 Å². The minimum absolute atomic E-state index is 0.166. The van der Waals surface area contributed by atoms with Gasteiger partial charge in [0.25, 0.3) is 0 Å². The monoisotopic (exact) mass is 461 g/mol. The quantitative estimate of drug-likeness (QED) is 0.261. The van der Waals surface area contributed by atoms with Gasteiger partial charge in [0.2, 0.25) is 0 Å². The Morgan fingerprint density at radius 1 is 0.583 bits per heavy atom. The van der Waals surface area contributed by atoms with E-state index in [1.807, 2.05) is 78.9 Å². The van der Waals surface area contributed by atoms with Crippen LogP contribution in [0.4, 0.5) is 0 Å². The molecule has 36 heavy (non-hydrogen) atoms. The Bertz CT molecular complexity index is 2070. The van der Waals surface area contributed by atoms with Crippen LogP contribution in [0.1, 0.15) is 11.4 Å². The molecule has 0 unspecified atom stereocenters. The Labute approximate surface area is 205 Å². The van der Waals surface area contributed by atoms with Crippen LogP contribution in [0.5, 0.6) is 0 Å². The number of hydrogen-bond acceptors (Lipinski definition) is 5. The van der Waals surface area contributed by atoms with Crippen LogP contribution in [0.25, 0.3) is 66.1 Å². The lowest BCUT2D eigenvalue weighted by Gasteiger charge is -2.06. The van der Waals surface area contributed by atoms with E-state index in [0.29, 0.717) is 22.1 Å². The van der Waals surface area contributed by atoms with E-state index in [1.54, 1.807) is 0 Å². The molecule has 0 spiro atoms. The molecule has 166 valence electrons. The number of hydrogen-bond donors (Lipinski definition) is 0. The summed E-state index contributed by atoms with van der Waals surface area (Å²) in [7, 11) is 0. The zero-order valence-electron chi connectivity index (χ0n) is 18.8. The first-order valence-electron chi connectivity index (χ1n) is 11.4. The van der Waals surface area contributed by atoms with Crippen molar-refractivity contribution in [3.8, 4) is 34.4 Å². The fraction of sp³-hybridized carbons (Fsp3) is 0. The van der Waals surface area contributed by atoms with E-state index in [-0.39, 0.29) is 11.4 Å². The van der Waals surface area contributed by atoms with Gasteiger partial charge in [-0.25, -0.2) is 4.98 Å². The molecule has 0 atom stereocenters. The van der Waals surface area contributed by atoms with Crippen molar-refractivity contribution in [3.05, 3.63) is 102 Å². The Morgan fingerprint density at radius 3 is 2.17 bits per heavy atom. The molecule has 3 aromatic heterocycles. The van der Waals surface area contributed by atoms with Crippen molar-refractivity contribution in [2.75, 3.05) is 0 Å². The molecule has 4 aromatic carbocycles. The first-order chi connectivity index (χ1) is 17.8. The molecule has 0 amide bonds. The maximum atomic E-state index is 9.94. The summed E-state index contributed by atoms with van der Waals surface area (Å²) in [4.78, 5) is 4.42. The number of pyridine rings is 1. The standard InChI is InChI=1S/C31H15N3O2/c32-16-23-28(18-7-2-1-3-8-18)31-30(24(17-33)34-23)22-15-19(13-14-26(22)36-31)20-10-6-12-27-29(20)21-9-4-5-11-25(21)35-27/h1-15H. The van der Waals surface area contributed by atoms with E-state index >= 15 is 0 Å². The van der Waals surface area contributed by atoms with Gasteiger partial charge in [-0.3, -0.25) is 0 Å². The van der Waals surface area contributed by atoms with E-state index in [9.17, 15) is 10.5 Å². The highest BCUT2D eigenvalue weighted by molar-refractivity contribution is 6.16. The summed E-state index contributed by atoms with van der Waals surface area (Å²) in [6, 6.07) is 33.8. The van der Waals surface area contributed by atoms with Gasteiger partial charge in [-0.05, 0) is 41.0 Å². The summed E-state index contributed by atoms with van der Waals surface area (Å²) < 4.78 is 12.4. The molecule has 0 fully saturated rings. The van der Waals surface area contributed by atoms with Crippen LogP contribution < -0.4 is 0 Å². The van der Waals surface area contributed by atoms with Crippen molar-refractivity contribution in [1.29, 1.82) is 10.5 Å². The van der Waals surface area contributed by atoms with Gasteiger partial charge in [0, 0.05) is 16.2 Å². The number of fused-ring (bicyclic) bond motifs is 6. The summed E-state index contributed by atoms with van der Waals surface area (Å²) in [5.74, 6) is 0. The molecule has 0 saturated carbocycles. The molecule has 0 N–H and O–H groups in total. The second kappa shape index (κ2) is 7.56. The van der Waals surface area contributed by atoms with Crippen LogP contribution in [0.2, 0.25) is 0 Å². The minimum Gasteiger partial charge on any atom is -0.456 e. The fourth-order valence-electron chi connectivity index (χ4n) is 5.06. The molecule has 0 saturated heterocycles. The molecule has 0 radical (unpaired) electrons. The molecule has 5 heteroatoms. The summed E-state index contributed by atoms with van der Waals surface area (Å²) >= 11 is 0. The number of rotatable bonds is 2. The van der Waals surface area contributed by atoms with E-state index in [2.05, 4.69) is 29.3 Å². The second-order valence-electron chi connectivity index (χ2n) is 8.57. The second-order valence-corrected chi connectivity index (χ2v) is 8.57. The van der Waals surface area contributed by atoms with Gasteiger partial charge in [-0.2, -0.15) is 10.5 Å². The highest BCUT2D eigenvalue weighted by Crippen LogP contribution is 2.42. The van der Waals surface area contributed by atoms with Crippen molar-refractivity contribution in [3.63, 3.8) is 0 Å². The maximum Gasteiger partial charge on any atom is 0.153 e. The lowest BCUT2D eigenvalue weighted by Crippen LogP contribution is -1.94.